The molecule has 0 atom stereocenters. The Morgan fingerprint density at radius 2 is 2.21 bits per heavy atom. The van der Waals surface area contributed by atoms with E-state index in [0.717, 1.165) is 11.3 Å². The van der Waals surface area contributed by atoms with Crippen molar-refractivity contribution < 1.29 is 14.3 Å². The second-order valence-electron chi connectivity index (χ2n) is 2.42. The maximum atomic E-state index is 11.6. The first-order valence-electron chi connectivity index (χ1n) is 3.56. The molecule has 2 aromatic rings. The van der Waals surface area contributed by atoms with Crippen LogP contribution in [0.2, 0.25) is 0 Å². The number of nitrogens with zero attached hydrogens (tertiary/aromatic N) is 2. The number of anilines is 1. The summed E-state index contributed by atoms with van der Waals surface area (Å²) >= 11 is 0.943. The molecule has 0 saturated heterocycles. The minimum Gasteiger partial charge on any atom is -0.396 e. The van der Waals surface area contributed by atoms with Crippen LogP contribution in [-0.4, -0.2) is 15.9 Å². The van der Waals surface area contributed by atoms with Gasteiger partial charge in [-0.1, -0.05) is 0 Å². The van der Waals surface area contributed by atoms with E-state index in [-0.39, 0.29) is 10.6 Å². The number of thiophene rings is 1. The SMILES string of the molecule is Nc1c(C(=O)OF)sc2nccnc12. The zero-order valence-electron chi connectivity index (χ0n) is 6.73. The molecule has 72 valence electrons. The van der Waals surface area contributed by atoms with Crippen LogP contribution < -0.4 is 5.73 Å². The van der Waals surface area contributed by atoms with E-state index in [0.29, 0.717) is 10.3 Å². The van der Waals surface area contributed by atoms with Gasteiger partial charge >= 0.3 is 5.97 Å². The third kappa shape index (κ3) is 1.18. The standard InChI is InChI=1S/C7H4FN3O2S/c8-13-7(12)5-3(9)4-6(14-5)11-2-1-10-4/h1-2H,9H2. The van der Waals surface area contributed by atoms with Crippen molar-refractivity contribution in [2.45, 2.75) is 0 Å². The van der Waals surface area contributed by atoms with Crippen LogP contribution in [0, 0.1) is 0 Å². The van der Waals surface area contributed by atoms with Crippen LogP contribution in [0.3, 0.4) is 0 Å². The number of carbonyl (C=O) groups is 1. The van der Waals surface area contributed by atoms with Crippen molar-refractivity contribution in [2.24, 2.45) is 0 Å². The molecule has 0 bridgehead atoms. The van der Waals surface area contributed by atoms with Gasteiger partial charge in [-0.3, -0.25) is 0 Å². The summed E-state index contributed by atoms with van der Waals surface area (Å²) < 4.78 is 11.6. The van der Waals surface area contributed by atoms with Gasteiger partial charge < -0.3 is 5.73 Å². The number of fused-ring (bicyclic) bond motifs is 1. The average molecular weight is 213 g/mol. The van der Waals surface area contributed by atoms with Gasteiger partial charge in [0.15, 0.2) is 0 Å². The lowest BCUT2D eigenvalue weighted by molar-refractivity contribution is -0.0782. The summed E-state index contributed by atoms with van der Waals surface area (Å²) in [5, 5.41) is 0. The monoisotopic (exact) mass is 213 g/mol. The zero-order valence-corrected chi connectivity index (χ0v) is 7.55. The number of nitrogen functional groups attached to an aromatic ring is 1. The molecule has 0 aliphatic carbocycles. The first-order chi connectivity index (χ1) is 6.74. The van der Waals surface area contributed by atoms with Gasteiger partial charge in [0.25, 0.3) is 0 Å². The second-order valence-corrected chi connectivity index (χ2v) is 3.42. The molecular formula is C7H4FN3O2S. The largest absolute Gasteiger partial charge is 0.396 e. The molecule has 5 nitrogen and oxygen atoms in total. The van der Waals surface area contributed by atoms with Gasteiger partial charge in [-0.15, -0.1) is 11.3 Å². The van der Waals surface area contributed by atoms with Crippen molar-refractivity contribution in [3.05, 3.63) is 17.3 Å². The van der Waals surface area contributed by atoms with E-state index in [9.17, 15) is 9.32 Å². The van der Waals surface area contributed by atoms with Gasteiger partial charge in [0.1, 0.15) is 15.2 Å². The fraction of sp³-hybridized carbons (Fsp3) is 0. The van der Waals surface area contributed by atoms with Crippen LogP contribution in [0.5, 0.6) is 0 Å². The summed E-state index contributed by atoms with van der Waals surface area (Å²) in [5.41, 5.74) is 6.04. The molecule has 0 aromatic carbocycles. The van der Waals surface area contributed by atoms with E-state index < -0.39 is 5.97 Å². The molecule has 2 aromatic heterocycles. The van der Waals surface area contributed by atoms with Crippen molar-refractivity contribution in [1.82, 2.24) is 9.97 Å². The van der Waals surface area contributed by atoms with Crippen LogP contribution in [0.15, 0.2) is 12.4 Å². The third-order valence-electron chi connectivity index (χ3n) is 1.62. The van der Waals surface area contributed by atoms with Crippen LogP contribution in [0.1, 0.15) is 9.67 Å². The highest BCUT2D eigenvalue weighted by molar-refractivity contribution is 7.21. The minimum absolute atomic E-state index is 0.0197. The number of hydrogen-bond acceptors (Lipinski definition) is 6. The van der Waals surface area contributed by atoms with Crippen molar-refractivity contribution >= 4 is 33.3 Å². The highest BCUT2D eigenvalue weighted by Crippen LogP contribution is 2.30. The Labute approximate surface area is 81.2 Å². The summed E-state index contributed by atoms with van der Waals surface area (Å²) in [6, 6.07) is 0. The molecule has 2 heterocycles. The fourth-order valence-corrected chi connectivity index (χ4v) is 1.92. The first kappa shape index (κ1) is 8.82. The van der Waals surface area contributed by atoms with Crippen LogP contribution in [0.4, 0.5) is 10.2 Å². The summed E-state index contributed by atoms with van der Waals surface area (Å²) in [6.07, 6.45) is 2.90. The smallest absolute Gasteiger partial charge is 0.391 e. The van der Waals surface area contributed by atoms with Gasteiger partial charge in [-0.2, -0.15) is 0 Å². The van der Waals surface area contributed by atoms with Gasteiger partial charge in [0.05, 0.1) is 5.69 Å². The number of aromatic nitrogens is 2. The molecule has 0 aliphatic heterocycles. The van der Waals surface area contributed by atoms with Gasteiger partial charge in [0, 0.05) is 16.9 Å². The number of rotatable bonds is 1. The van der Waals surface area contributed by atoms with Crippen molar-refractivity contribution in [3.63, 3.8) is 0 Å². The van der Waals surface area contributed by atoms with Gasteiger partial charge in [0.2, 0.25) is 0 Å². The minimum atomic E-state index is -1.12. The van der Waals surface area contributed by atoms with E-state index >= 15 is 0 Å². The third-order valence-corrected chi connectivity index (χ3v) is 2.70. The lowest BCUT2D eigenvalue weighted by atomic mass is 10.3. The summed E-state index contributed by atoms with van der Waals surface area (Å²) in [6.45, 7) is 0. The molecule has 7 heteroatoms. The molecular weight excluding hydrogens is 209 g/mol. The highest BCUT2D eigenvalue weighted by Gasteiger charge is 2.19. The predicted octanol–water partition coefficient (Wildman–Crippen LogP) is 1.31. The van der Waals surface area contributed by atoms with E-state index in [1.165, 1.54) is 12.4 Å². The maximum Gasteiger partial charge on any atom is 0.391 e. The maximum absolute atomic E-state index is 11.6. The van der Waals surface area contributed by atoms with Crippen LogP contribution in [0.25, 0.3) is 10.3 Å². The summed E-state index contributed by atoms with van der Waals surface area (Å²) in [4.78, 5) is 22.3. The molecule has 0 fully saturated rings. The molecule has 2 N–H and O–H groups in total. The number of hydrogen-bond donors (Lipinski definition) is 1. The molecule has 14 heavy (non-hydrogen) atoms. The van der Waals surface area contributed by atoms with E-state index in [2.05, 4.69) is 14.9 Å². The molecule has 0 radical (unpaired) electrons. The topological polar surface area (TPSA) is 78.1 Å². The van der Waals surface area contributed by atoms with E-state index in [4.69, 9.17) is 5.73 Å². The van der Waals surface area contributed by atoms with E-state index in [1.54, 1.807) is 0 Å². The summed E-state index contributed by atoms with van der Waals surface area (Å²) in [5.74, 6) is -1.12. The Kier molecular flexibility index (Phi) is 2.01. The molecule has 2 rings (SSSR count). The summed E-state index contributed by atoms with van der Waals surface area (Å²) in [7, 11) is 0. The molecule has 0 amide bonds. The second kappa shape index (κ2) is 3.18. The normalized spacial score (nSPS) is 10.4. The highest BCUT2D eigenvalue weighted by atomic mass is 32.1. The number of carbonyl (C=O) groups excluding carboxylic acids is 1. The number of nitrogens with two attached hydrogens (primary N) is 1. The Bertz CT molecular complexity index is 499. The average Bonchev–Trinajstić information content (AvgIpc) is 2.56. The predicted molar refractivity (Wildman–Crippen MR) is 48.4 cm³/mol. The zero-order chi connectivity index (χ0) is 10.1. The van der Waals surface area contributed by atoms with Crippen molar-refractivity contribution in [3.8, 4) is 0 Å². The quantitative estimate of drug-likeness (QED) is 0.772. The Morgan fingerprint density at radius 3 is 2.86 bits per heavy atom. The van der Waals surface area contributed by atoms with Crippen molar-refractivity contribution in [1.29, 1.82) is 0 Å². The van der Waals surface area contributed by atoms with Crippen molar-refractivity contribution in [2.75, 3.05) is 5.73 Å². The molecule has 0 unspecified atom stereocenters. The fourth-order valence-electron chi connectivity index (χ4n) is 1.03. The molecule has 0 aliphatic rings. The first-order valence-corrected chi connectivity index (χ1v) is 4.37. The Hall–Kier alpha value is -1.76. The van der Waals surface area contributed by atoms with Crippen LogP contribution >= 0.6 is 11.3 Å². The Morgan fingerprint density at radius 1 is 1.50 bits per heavy atom. The van der Waals surface area contributed by atoms with Gasteiger partial charge in [-0.05, 0) is 0 Å². The number of halogens is 1. The molecule has 0 saturated carbocycles. The lowest BCUT2D eigenvalue weighted by Gasteiger charge is -1.90. The van der Waals surface area contributed by atoms with Crippen LogP contribution in [-0.2, 0) is 4.94 Å². The lowest BCUT2D eigenvalue weighted by Crippen LogP contribution is -1.99. The molecule has 0 spiro atoms. The Balaban J connectivity index is 2.68. The van der Waals surface area contributed by atoms with E-state index in [1.807, 2.05) is 0 Å². The van der Waals surface area contributed by atoms with Gasteiger partial charge in [-0.25, -0.2) is 19.7 Å².